The summed E-state index contributed by atoms with van der Waals surface area (Å²) in [6, 6.07) is 15.2. The molecule has 2 saturated heterocycles. The van der Waals surface area contributed by atoms with Crippen molar-refractivity contribution < 1.29 is 47.3 Å². The Morgan fingerprint density at radius 3 is 2.54 bits per heavy atom. The van der Waals surface area contributed by atoms with Gasteiger partial charge in [-0.05, 0) is 92.0 Å². The lowest BCUT2D eigenvalue weighted by Gasteiger charge is -2.37. The number of aromatic nitrogens is 2. The van der Waals surface area contributed by atoms with Crippen LogP contribution >= 0.6 is 0 Å². The second-order valence-corrected chi connectivity index (χ2v) is 19.5. The molecular formula is C52H63F2N7O8. The number of alkyl halides is 2. The third kappa shape index (κ3) is 11.3. The molecule has 368 valence electrons. The van der Waals surface area contributed by atoms with Crippen LogP contribution in [0.4, 0.5) is 8.78 Å². The van der Waals surface area contributed by atoms with E-state index in [1.54, 1.807) is 33.1 Å². The van der Waals surface area contributed by atoms with Crippen molar-refractivity contribution >= 4 is 40.5 Å². The van der Waals surface area contributed by atoms with Gasteiger partial charge in [0, 0.05) is 86.7 Å². The number of likely N-dealkylation sites (tertiary alicyclic amines) is 1. The number of hydrogen-bond acceptors (Lipinski definition) is 10. The maximum Gasteiger partial charge on any atom is 0.421 e. The average Bonchev–Trinajstić information content (AvgIpc) is 3.94. The van der Waals surface area contributed by atoms with Crippen molar-refractivity contribution in [2.24, 2.45) is 17.3 Å². The van der Waals surface area contributed by atoms with E-state index in [1.165, 1.54) is 22.9 Å². The Morgan fingerprint density at radius 1 is 1.07 bits per heavy atom. The smallest absolute Gasteiger partial charge is 0.421 e. The zero-order valence-electron chi connectivity index (χ0n) is 40.6. The van der Waals surface area contributed by atoms with E-state index in [2.05, 4.69) is 60.3 Å². The fourth-order valence-corrected chi connectivity index (χ4v) is 9.95. The maximum absolute atomic E-state index is 14.7. The van der Waals surface area contributed by atoms with Gasteiger partial charge in [-0.3, -0.25) is 34.0 Å². The first-order valence-corrected chi connectivity index (χ1v) is 23.7. The lowest BCUT2D eigenvalue weighted by molar-refractivity contribution is -0.155. The Hall–Kier alpha value is -6.22. The number of hydrazine groups is 1. The van der Waals surface area contributed by atoms with E-state index < -0.39 is 71.1 Å². The highest BCUT2D eigenvalue weighted by Crippen LogP contribution is 2.42. The molecule has 2 fully saturated rings. The summed E-state index contributed by atoms with van der Waals surface area (Å²) in [4.78, 5) is 76.9. The number of carbonyl (C=O) groups is 5. The van der Waals surface area contributed by atoms with E-state index in [9.17, 15) is 32.8 Å². The summed E-state index contributed by atoms with van der Waals surface area (Å²) in [5, 5.41) is 14.1. The van der Waals surface area contributed by atoms with Gasteiger partial charge in [-0.15, -0.1) is 0 Å². The van der Waals surface area contributed by atoms with Crippen LogP contribution in [0, 0.1) is 29.1 Å². The predicted octanol–water partition coefficient (Wildman–Crippen LogP) is 5.67. The number of aliphatic hydroxyl groups is 1. The van der Waals surface area contributed by atoms with Crippen LogP contribution in [0.2, 0.25) is 0 Å². The molecule has 4 aromatic rings. The van der Waals surface area contributed by atoms with Crippen LogP contribution in [-0.2, 0) is 52.8 Å². The van der Waals surface area contributed by atoms with Gasteiger partial charge in [0.2, 0.25) is 11.8 Å². The van der Waals surface area contributed by atoms with E-state index >= 15 is 0 Å². The van der Waals surface area contributed by atoms with Crippen molar-refractivity contribution in [2.75, 3.05) is 40.4 Å². The molecule has 7 rings (SSSR count). The quantitative estimate of drug-likeness (QED) is 0.140. The van der Waals surface area contributed by atoms with Crippen LogP contribution in [0.25, 0.3) is 33.3 Å². The van der Waals surface area contributed by atoms with Gasteiger partial charge in [0.25, 0.3) is 11.8 Å². The molecule has 0 radical (unpaired) electrons. The number of methoxy groups -OCH3 is 1. The SMILES string of the molecule is CCn1c(-c2cccnc2[C@H](C)OC)c2c3cc(ccc31)-c1cccc(c1)C[C@H](NC(=O)C(C(C)C)N(C)C(=O)[C@H]1CCN(C(=O)C#CC(O)(F)F)C1)C(=O)N1CCC[C@H](N1)C(=O)OCC(C)(C)C2. The molecule has 6 bridgehead atoms. The van der Waals surface area contributed by atoms with Gasteiger partial charge in [-0.25, -0.2) is 5.43 Å². The molecule has 4 amide bonds. The maximum atomic E-state index is 14.7. The number of hydrogen-bond donors (Lipinski definition) is 3. The summed E-state index contributed by atoms with van der Waals surface area (Å²) < 4.78 is 40.0. The largest absolute Gasteiger partial charge is 0.464 e. The number of amides is 4. The molecule has 3 aliphatic heterocycles. The van der Waals surface area contributed by atoms with Crippen LogP contribution in [-0.4, -0.2) is 124 Å². The van der Waals surface area contributed by atoms with Gasteiger partial charge in [-0.2, -0.15) is 8.78 Å². The monoisotopic (exact) mass is 951 g/mol. The minimum absolute atomic E-state index is 0.0695. The Morgan fingerprint density at radius 2 is 1.83 bits per heavy atom. The number of esters is 1. The minimum Gasteiger partial charge on any atom is -0.464 e. The highest BCUT2D eigenvalue weighted by Gasteiger charge is 2.40. The standard InChI is InChI=1S/C52H63F2N7O8/c1-9-60-42-18-17-35-27-38(42)39(46(60)37-15-11-22-55-44(37)32(4)68-8)28-51(5,6)30-69-50(66)40-16-12-23-61(57-40)49(65)41(26-33-13-10-14-34(35)25-33)56-47(63)45(31(2)3)58(7)48(64)36-20-24-59(29-36)43(62)19-21-52(53,54)67/h10-11,13-15,17-18,22,25,27,31-32,36,40-41,45,57,67H,9,12,16,20,23-24,26,28-30H2,1-8H3,(H,56,63)/t32-,36-,40-,41-,45?/m0/s1. The second kappa shape index (κ2) is 20.8. The average molecular weight is 952 g/mol. The number of fused-ring (bicyclic) bond motifs is 6. The number of pyridine rings is 1. The third-order valence-electron chi connectivity index (χ3n) is 13.4. The first kappa shape index (κ1) is 50.7. The highest BCUT2D eigenvalue weighted by molar-refractivity contribution is 5.97. The fraction of sp³-hybridized carbons (Fsp3) is 0.500. The lowest BCUT2D eigenvalue weighted by Crippen LogP contribution is -2.62. The van der Waals surface area contributed by atoms with Crippen molar-refractivity contribution in [2.45, 2.75) is 111 Å². The zero-order valence-corrected chi connectivity index (χ0v) is 40.6. The fourth-order valence-electron chi connectivity index (χ4n) is 9.95. The Bertz CT molecular complexity index is 2670. The number of nitrogens with zero attached hydrogens (tertiary/aromatic N) is 5. The van der Waals surface area contributed by atoms with Crippen molar-refractivity contribution in [3.63, 3.8) is 0 Å². The molecule has 3 N–H and O–H groups in total. The number of likely N-dealkylation sites (N-methyl/N-ethyl adjacent to an activating group) is 1. The first-order chi connectivity index (χ1) is 32.7. The second-order valence-electron chi connectivity index (χ2n) is 19.5. The van der Waals surface area contributed by atoms with Gasteiger partial charge in [0.05, 0.1) is 30.0 Å². The number of aryl methyl sites for hydroxylation is 1. The van der Waals surface area contributed by atoms with Crippen LogP contribution < -0.4 is 10.7 Å². The lowest BCUT2D eigenvalue weighted by atomic mass is 9.84. The van der Waals surface area contributed by atoms with E-state index in [-0.39, 0.29) is 45.2 Å². The molecule has 3 aliphatic rings. The molecule has 1 unspecified atom stereocenters. The van der Waals surface area contributed by atoms with Crippen molar-refractivity contribution in [3.05, 3.63) is 77.6 Å². The summed E-state index contributed by atoms with van der Waals surface area (Å²) in [7, 11) is 3.15. The van der Waals surface area contributed by atoms with E-state index in [0.717, 1.165) is 55.0 Å². The van der Waals surface area contributed by atoms with Crippen molar-refractivity contribution in [3.8, 4) is 34.2 Å². The molecule has 69 heavy (non-hydrogen) atoms. The Balaban J connectivity index is 1.25. The Kier molecular flexibility index (Phi) is 15.3. The minimum atomic E-state index is -4.34. The van der Waals surface area contributed by atoms with Gasteiger partial charge in [0.15, 0.2) is 0 Å². The van der Waals surface area contributed by atoms with Crippen molar-refractivity contribution in [1.82, 2.24) is 35.1 Å². The number of halogens is 2. The molecule has 0 spiro atoms. The number of ether oxygens (including phenoxy) is 2. The molecule has 0 saturated carbocycles. The predicted molar refractivity (Wildman–Crippen MR) is 255 cm³/mol. The van der Waals surface area contributed by atoms with E-state index in [4.69, 9.17) is 19.6 Å². The Labute approximate surface area is 401 Å². The summed E-state index contributed by atoms with van der Waals surface area (Å²) in [5.74, 6) is -1.21. The molecule has 0 aliphatic carbocycles. The van der Waals surface area contributed by atoms with Gasteiger partial charge < -0.3 is 34.3 Å². The number of nitrogens with one attached hydrogen (secondary N) is 2. The summed E-state index contributed by atoms with van der Waals surface area (Å²) in [6.45, 7) is 12.8. The summed E-state index contributed by atoms with van der Waals surface area (Å²) in [6.07, 6.45) is -1.10. The van der Waals surface area contributed by atoms with Crippen molar-refractivity contribution in [1.29, 1.82) is 0 Å². The van der Waals surface area contributed by atoms with E-state index in [1.807, 2.05) is 37.3 Å². The molecule has 17 heteroatoms. The van der Waals surface area contributed by atoms with E-state index in [0.29, 0.717) is 25.8 Å². The summed E-state index contributed by atoms with van der Waals surface area (Å²) >= 11 is 0. The van der Waals surface area contributed by atoms with Gasteiger partial charge >= 0.3 is 12.1 Å². The summed E-state index contributed by atoms with van der Waals surface area (Å²) in [5.41, 5.74) is 10.1. The normalized spacial score (nSPS) is 20.7. The number of cyclic esters (lactones) is 1. The molecule has 5 atom stereocenters. The third-order valence-corrected chi connectivity index (χ3v) is 13.4. The first-order valence-electron chi connectivity index (χ1n) is 23.7. The highest BCUT2D eigenvalue weighted by atomic mass is 19.3. The molecule has 2 aromatic carbocycles. The molecule has 2 aromatic heterocycles. The molecule has 5 heterocycles. The van der Waals surface area contributed by atoms with Gasteiger partial charge in [-0.1, -0.05) is 58.0 Å². The molecule has 15 nitrogen and oxygen atoms in total. The molecular weight excluding hydrogens is 889 g/mol. The zero-order chi connectivity index (χ0) is 49.9. The topological polar surface area (TPSA) is 176 Å². The number of benzene rings is 2. The number of carbonyl (C=O) groups excluding carboxylic acids is 5. The van der Waals surface area contributed by atoms with Crippen LogP contribution in [0.3, 0.4) is 0 Å². The number of rotatable bonds is 9. The van der Waals surface area contributed by atoms with Crippen LogP contribution in [0.15, 0.2) is 60.8 Å². The van der Waals surface area contributed by atoms with Crippen LogP contribution in [0.1, 0.15) is 83.7 Å². The van der Waals surface area contributed by atoms with Gasteiger partial charge in [0.1, 0.15) is 18.1 Å². The van der Waals surface area contributed by atoms with Crippen LogP contribution in [0.5, 0.6) is 0 Å².